The Morgan fingerprint density at radius 1 is 0.583 bits per heavy atom. The largest absolute Gasteiger partial charge is 0.461 e. The molecule has 0 unspecified atom stereocenters. The van der Waals surface area contributed by atoms with Crippen molar-refractivity contribution in [2.45, 2.75) is 101 Å². The van der Waals surface area contributed by atoms with Gasteiger partial charge in [0.25, 0.3) is 0 Å². The van der Waals surface area contributed by atoms with Gasteiger partial charge in [-0.3, -0.25) is 9.59 Å². The number of aryl methyl sites for hydroxylation is 4. The number of hydrogen-bond donors (Lipinski definition) is 4. The Kier molecular flexibility index (Phi) is 13.1. The molecule has 4 heterocycles. The fraction of sp³-hybridized carbons (Fsp3) is 0.333. The molecule has 0 spiro atoms. The van der Waals surface area contributed by atoms with E-state index in [1.807, 2.05) is 24.3 Å². The van der Waals surface area contributed by atoms with Gasteiger partial charge < -0.3 is 29.7 Å². The number of imidazole rings is 2. The highest BCUT2D eigenvalue weighted by molar-refractivity contribution is 7.99. The van der Waals surface area contributed by atoms with Crippen molar-refractivity contribution in [2.24, 2.45) is 0 Å². The Morgan fingerprint density at radius 3 is 1.25 bits per heavy atom. The van der Waals surface area contributed by atoms with Gasteiger partial charge >= 0.3 is 11.9 Å². The lowest BCUT2D eigenvalue weighted by Gasteiger charge is -2.32. The zero-order valence-corrected chi connectivity index (χ0v) is 36.5. The number of esters is 2. The SMILES string of the molecule is Cc1cccc(-c2nc(SC[C@H]3C[C@@](C)(O)CC(=O)O3)[nH]c2-c2cccc(C)c2)c1.Cc1cccc(-c2nc(SC[C@H]3C[C@](C)(O)CC(=O)O3)[nH]c2-c2cccc(C)c2)c1. The van der Waals surface area contributed by atoms with Gasteiger partial charge in [-0.1, -0.05) is 119 Å². The lowest BCUT2D eigenvalue weighted by atomic mass is 9.93. The first kappa shape index (κ1) is 43.0. The minimum atomic E-state index is -1.01. The maximum absolute atomic E-state index is 11.8. The van der Waals surface area contributed by atoms with Gasteiger partial charge in [0.15, 0.2) is 10.3 Å². The van der Waals surface area contributed by atoms with Crippen molar-refractivity contribution >= 4 is 35.5 Å². The van der Waals surface area contributed by atoms with Gasteiger partial charge in [0.1, 0.15) is 12.2 Å². The Morgan fingerprint density at radius 2 is 0.917 bits per heavy atom. The van der Waals surface area contributed by atoms with Crippen LogP contribution in [-0.4, -0.2) is 77.0 Å². The summed E-state index contributed by atoms with van der Waals surface area (Å²) in [6.07, 6.45) is 0.292. The number of carbonyl (C=O) groups is 2. The van der Waals surface area contributed by atoms with Gasteiger partial charge in [-0.2, -0.15) is 0 Å². The molecular weight excluding hydrogens is 793 g/mol. The van der Waals surface area contributed by atoms with E-state index in [1.165, 1.54) is 45.8 Å². The summed E-state index contributed by atoms with van der Waals surface area (Å²) in [5.41, 5.74) is 10.7. The lowest BCUT2D eigenvalue weighted by molar-refractivity contribution is -0.167. The highest BCUT2D eigenvalue weighted by Crippen LogP contribution is 2.37. The van der Waals surface area contributed by atoms with E-state index in [2.05, 4.69) is 110 Å². The second kappa shape index (κ2) is 18.2. The molecule has 2 aromatic heterocycles. The molecule has 10 nitrogen and oxygen atoms in total. The Bertz CT molecular complexity index is 2190. The highest BCUT2D eigenvalue weighted by Gasteiger charge is 2.37. The van der Waals surface area contributed by atoms with Gasteiger partial charge in [-0.05, 0) is 65.8 Å². The average molecular weight is 845 g/mol. The molecule has 4 N–H and O–H groups in total. The molecule has 0 saturated carbocycles. The van der Waals surface area contributed by atoms with Crippen molar-refractivity contribution in [1.29, 1.82) is 0 Å². The van der Waals surface area contributed by atoms with Crippen molar-refractivity contribution in [2.75, 3.05) is 11.5 Å². The number of nitrogens with one attached hydrogen (secondary N) is 2. The van der Waals surface area contributed by atoms with Crippen LogP contribution in [0.2, 0.25) is 0 Å². The molecule has 60 heavy (non-hydrogen) atoms. The van der Waals surface area contributed by atoms with Gasteiger partial charge in [-0.15, -0.1) is 0 Å². The van der Waals surface area contributed by atoms with E-state index >= 15 is 0 Å². The molecule has 0 aliphatic carbocycles. The molecule has 12 heteroatoms. The van der Waals surface area contributed by atoms with E-state index in [-0.39, 0.29) is 37.0 Å². The van der Waals surface area contributed by atoms with E-state index in [9.17, 15) is 19.8 Å². The molecule has 2 fully saturated rings. The van der Waals surface area contributed by atoms with Crippen LogP contribution < -0.4 is 0 Å². The summed E-state index contributed by atoms with van der Waals surface area (Å²) in [7, 11) is 0. The number of nitrogens with zero attached hydrogens (tertiary/aromatic N) is 2. The molecule has 6 aromatic rings. The van der Waals surface area contributed by atoms with E-state index in [0.29, 0.717) is 24.3 Å². The van der Waals surface area contributed by atoms with Gasteiger partial charge in [0.2, 0.25) is 0 Å². The first-order valence-electron chi connectivity index (χ1n) is 20.2. The number of carbonyl (C=O) groups excluding carboxylic acids is 2. The molecule has 2 saturated heterocycles. The third kappa shape index (κ3) is 11.2. The predicted molar refractivity (Wildman–Crippen MR) is 239 cm³/mol. The van der Waals surface area contributed by atoms with Crippen molar-refractivity contribution in [3.63, 3.8) is 0 Å². The average Bonchev–Trinajstić information content (AvgIpc) is 3.81. The van der Waals surface area contributed by atoms with Gasteiger partial charge in [-0.25, -0.2) is 9.97 Å². The lowest BCUT2D eigenvalue weighted by Crippen LogP contribution is -2.42. The number of H-pyrrole nitrogens is 2. The molecule has 4 aromatic carbocycles. The van der Waals surface area contributed by atoms with Crippen LogP contribution in [0.3, 0.4) is 0 Å². The summed E-state index contributed by atoms with van der Waals surface area (Å²) in [6.45, 7) is 11.7. The Labute approximate surface area is 360 Å². The van der Waals surface area contributed by atoms with E-state index < -0.39 is 11.2 Å². The Hall–Kier alpha value is -5.14. The summed E-state index contributed by atoms with van der Waals surface area (Å²) in [5.74, 6) is 0.376. The summed E-state index contributed by atoms with van der Waals surface area (Å²) < 4.78 is 10.8. The second-order valence-corrected chi connectivity index (χ2v) is 18.6. The standard InChI is InChI=1S/2C24H26N2O3S/c2*1-15-6-4-8-17(10-15)21-22(18-9-5-7-16(2)11-18)26-23(25-21)30-14-19-12-24(3,28)13-20(27)29-19/h2*4-11,19,28H,12-14H2,1-3H3,(H,25,26)/t19-,24+;19-,24-/m11/s1. The predicted octanol–water partition coefficient (Wildman–Crippen LogP) is 9.82. The minimum absolute atomic E-state index is 0.0456. The second-order valence-electron chi connectivity index (χ2n) is 16.6. The number of aliphatic hydroxyl groups is 2. The zero-order valence-electron chi connectivity index (χ0n) is 34.9. The van der Waals surface area contributed by atoms with Crippen molar-refractivity contribution in [3.05, 3.63) is 119 Å². The molecule has 0 bridgehead atoms. The number of cyclic esters (lactones) is 2. The van der Waals surface area contributed by atoms with Crippen LogP contribution in [0.1, 0.15) is 61.8 Å². The first-order valence-corrected chi connectivity index (χ1v) is 22.1. The van der Waals surface area contributed by atoms with Crippen LogP contribution in [0.15, 0.2) is 107 Å². The van der Waals surface area contributed by atoms with Crippen molar-refractivity contribution in [3.8, 4) is 45.0 Å². The first-order chi connectivity index (χ1) is 28.6. The van der Waals surface area contributed by atoms with E-state index in [1.54, 1.807) is 13.8 Å². The van der Waals surface area contributed by atoms with Crippen LogP contribution in [0.5, 0.6) is 0 Å². The quantitative estimate of drug-likeness (QED) is 0.0775. The van der Waals surface area contributed by atoms with Crippen LogP contribution in [0.4, 0.5) is 0 Å². The molecule has 0 amide bonds. The monoisotopic (exact) mass is 844 g/mol. The maximum Gasteiger partial charge on any atom is 0.309 e. The minimum Gasteiger partial charge on any atom is -0.461 e. The summed E-state index contributed by atoms with van der Waals surface area (Å²) in [5, 5.41) is 22.1. The third-order valence-electron chi connectivity index (χ3n) is 10.4. The highest BCUT2D eigenvalue weighted by atomic mass is 32.2. The van der Waals surface area contributed by atoms with Crippen LogP contribution in [0, 0.1) is 27.7 Å². The van der Waals surface area contributed by atoms with Crippen molar-refractivity contribution < 1.29 is 29.3 Å². The molecule has 2 aliphatic rings. The third-order valence-corrected chi connectivity index (χ3v) is 12.4. The van der Waals surface area contributed by atoms with Gasteiger partial charge in [0, 0.05) is 46.6 Å². The summed E-state index contributed by atoms with van der Waals surface area (Å²) >= 11 is 3.01. The number of ether oxygens (including phenoxy) is 2. The number of thioether (sulfide) groups is 2. The number of aromatic nitrogens is 4. The number of benzene rings is 4. The molecular formula is C48H52N4O6S2. The summed E-state index contributed by atoms with van der Waals surface area (Å²) in [4.78, 5) is 40.2. The van der Waals surface area contributed by atoms with Crippen LogP contribution in [0.25, 0.3) is 45.0 Å². The van der Waals surface area contributed by atoms with E-state index in [4.69, 9.17) is 19.4 Å². The van der Waals surface area contributed by atoms with Crippen LogP contribution in [-0.2, 0) is 19.1 Å². The molecule has 0 radical (unpaired) electrons. The fourth-order valence-electron chi connectivity index (χ4n) is 7.68. The van der Waals surface area contributed by atoms with Crippen molar-refractivity contribution in [1.82, 2.24) is 19.9 Å². The fourth-order valence-corrected chi connectivity index (χ4v) is 9.40. The number of aromatic amines is 2. The van der Waals surface area contributed by atoms with E-state index in [0.717, 1.165) is 55.3 Å². The summed E-state index contributed by atoms with van der Waals surface area (Å²) in [6, 6.07) is 33.3. The number of hydrogen-bond acceptors (Lipinski definition) is 10. The zero-order chi connectivity index (χ0) is 42.6. The topological polar surface area (TPSA) is 150 Å². The maximum atomic E-state index is 11.8. The molecule has 2 aliphatic heterocycles. The van der Waals surface area contributed by atoms with Gasteiger partial charge in [0.05, 0.1) is 46.8 Å². The molecule has 4 atom stereocenters. The smallest absolute Gasteiger partial charge is 0.309 e. The number of rotatable bonds is 10. The Balaban J connectivity index is 0.000000181. The molecule has 312 valence electrons. The molecule has 8 rings (SSSR count). The van der Waals surface area contributed by atoms with Crippen LogP contribution >= 0.6 is 23.5 Å². The normalized spacial score (nSPS) is 21.5.